The molecule has 1 aliphatic heterocycles. The predicted octanol–water partition coefficient (Wildman–Crippen LogP) is 2.51. The van der Waals surface area contributed by atoms with E-state index in [1.807, 2.05) is 12.1 Å². The fourth-order valence-corrected chi connectivity index (χ4v) is 2.34. The van der Waals surface area contributed by atoms with Crippen molar-refractivity contribution in [1.82, 2.24) is 10.2 Å². The van der Waals surface area contributed by atoms with Crippen molar-refractivity contribution in [3.05, 3.63) is 29.8 Å². The minimum atomic E-state index is -2.76. The summed E-state index contributed by atoms with van der Waals surface area (Å²) in [5.41, 5.74) is 1.15. The van der Waals surface area contributed by atoms with Crippen LogP contribution in [-0.2, 0) is 6.42 Å². The Hall–Kier alpha value is -1.20. The van der Waals surface area contributed by atoms with Gasteiger partial charge in [0.05, 0.1) is 0 Å². The molecule has 1 unspecified atom stereocenters. The number of halogens is 2. The standard InChI is InChI=1S/C15H22F2N2O/c1-11(19(2)13-9-18-10-13)3-4-12-5-7-14(8-6-12)20-15(16)17/h5-8,11,13,15,18H,3-4,9-10H2,1-2H3. The van der Waals surface area contributed by atoms with Gasteiger partial charge in [0.1, 0.15) is 5.75 Å². The van der Waals surface area contributed by atoms with Crippen LogP contribution in [0, 0.1) is 0 Å². The van der Waals surface area contributed by atoms with E-state index in [2.05, 4.69) is 28.9 Å². The maximum absolute atomic E-state index is 12.0. The largest absolute Gasteiger partial charge is 0.435 e. The van der Waals surface area contributed by atoms with Crippen LogP contribution in [0.5, 0.6) is 5.75 Å². The van der Waals surface area contributed by atoms with Crippen LogP contribution >= 0.6 is 0 Å². The van der Waals surface area contributed by atoms with Crippen LogP contribution in [0.15, 0.2) is 24.3 Å². The molecule has 0 spiro atoms. The van der Waals surface area contributed by atoms with Crippen LogP contribution in [0.1, 0.15) is 18.9 Å². The maximum atomic E-state index is 12.0. The number of nitrogens with zero attached hydrogens (tertiary/aromatic N) is 1. The molecule has 0 bridgehead atoms. The molecule has 0 aliphatic carbocycles. The van der Waals surface area contributed by atoms with Crippen molar-refractivity contribution in [2.75, 3.05) is 20.1 Å². The summed E-state index contributed by atoms with van der Waals surface area (Å²) >= 11 is 0. The monoisotopic (exact) mass is 284 g/mol. The number of alkyl halides is 2. The van der Waals surface area contributed by atoms with Gasteiger partial charge in [0, 0.05) is 25.2 Å². The topological polar surface area (TPSA) is 24.5 Å². The number of benzene rings is 1. The van der Waals surface area contributed by atoms with Crippen molar-refractivity contribution in [3.8, 4) is 5.75 Å². The van der Waals surface area contributed by atoms with Crippen molar-refractivity contribution >= 4 is 0 Å². The molecule has 0 radical (unpaired) electrons. The van der Waals surface area contributed by atoms with Gasteiger partial charge < -0.3 is 10.1 Å². The Morgan fingerprint density at radius 2 is 1.95 bits per heavy atom. The van der Waals surface area contributed by atoms with E-state index in [4.69, 9.17) is 0 Å². The van der Waals surface area contributed by atoms with Crippen LogP contribution in [-0.4, -0.2) is 43.7 Å². The summed E-state index contributed by atoms with van der Waals surface area (Å²) in [5.74, 6) is 0.217. The third-order valence-corrected chi connectivity index (χ3v) is 4.03. The molecule has 2 rings (SSSR count). The summed E-state index contributed by atoms with van der Waals surface area (Å²) in [6.45, 7) is 1.61. The van der Waals surface area contributed by atoms with Gasteiger partial charge in [0.15, 0.2) is 0 Å². The SMILES string of the molecule is CC(CCc1ccc(OC(F)F)cc1)N(C)C1CNC1. The minimum absolute atomic E-state index is 0.217. The molecule has 1 aromatic carbocycles. The van der Waals surface area contributed by atoms with Crippen LogP contribution in [0.2, 0.25) is 0 Å². The number of aryl methyl sites for hydroxylation is 1. The van der Waals surface area contributed by atoms with E-state index in [0.717, 1.165) is 31.5 Å². The molecule has 1 fully saturated rings. The van der Waals surface area contributed by atoms with E-state index in [1.165, 1.54) is 0 Å². The molecule has 0 amide bonds. The molecule has 3 nitrogen and oxygen atoms in total. The summed E-state index contributed by atoms with van der Waals surface area (Å²) in [7, 11) is 2.16. The summed E-state index contributed by atoms with van der Waals surface area (Å²) < 4.78 is 28.4. The molecule has 1 saturated heterocycles. The summed E-state index contributed by atoms with van der Waals surface area (Å²) in [4.78, 5) is 2.41. The molecular weight excluding hydrogens is 262 g/mol. The Labute approximate surface area is 118 Å². The lowest BCUT2D eigenvalue weighted by Gasteiger charge is -2.39. The average molecular weight is 284 g/mol. The van der Waals surface area contributed by atoms with E-state index < -0.39 is 6.61 Å². The first-order valence-electron chi connectivity index (χ1n) is 7.02. The van der Waals surface area contributed by atoms with E-state index >= 15 is 0 Å². The molecule has 0 aromatic heterocycles. The fraction of sp³-hybridized carbons (Fsp3) is 0.600. The molecule has 5 heteroatoms. The molecule has 0 saturated carbocycles. The van der Waals surface area contributed by atoms with E-state index in [9.17, 15) is 8.78 Å². The number of ether oxygens (including phenoxy) is 1. The number of hydrogen-bond acceptors (Lipinski definition) is 3. The van der Waals surface area contributed by atoms with Crippen molar-refractivity contribution in [2.24, 2.45) is 0 Å². The van der Waals surface area contributed by atoms with Gasteiger partial charge in [-0.15, -0.1) is 0 Å². The third-order valence-electron chi connectivity index (χ3n) is 4.03. The first-order valence-corrected chi connectivity index (χ1v) is 7.02. The van der Waals surface area contributed by atoms with Gasteiger partial charge in [0.2, 0.25) is 0 Å². The smallest absolute Gasteiger partial charge is 0.387 e. The van der Waals surface area contributed by atoms with Gasteiger partial charge in [-0.3, -0.25) is 4.90 Å². The van der Waals surface area contributed by atoms with Gasteiger partial charge in [-0.1, -0.05) is 12.1 Å². The maximum Gasteiger partial charge on any atom is 0.387 e. The van der Waals surface area contributed by atoms with Crippen LogP contribution < -0.4 is 10.1 Å². The van der Waals surface area contributed by atoms with Gasteiger partial charge in [-0.05, 0) is 44.5 Å². The second-order valence-corrected chi connectivity index (χ2v) is 5.39. The normalized spacial score (nSPS) is 17.3. The first-order chi connectivity index (χ1) is 9.56. The molecule has 1 heterocycles. The molecule has 1 aliphatic rings. The van der Waals surface area contributed by atoms with E-state index in [1.54, 1.807) is 12.1 Å². The van der Waals surface area contributed by atoms with Gasteiger partial charge in [0.25, 0.3) is 0 Å². The van der Waals surface area contributed by atoms with Gasteiger partial charge in [-0.25, -0.2) is 0 Å². The van der Waals surface area contributed by atoms with Gasteiger partial charge >= 0.3 is 6.61 Å². The lowest BCUT2D eigenvalue weighted by Crippen LogP contribution is -2.58. The molecule has 112 valence electrons. The second kappa shape index (κ2) is 6.99. The van der Waals surface area contributed by atoms with Crippen molar-refractivity contribution in [3.63, 3.8) is 0 Å². The van der Waals surface area contributed by atoms with E-state index in [-0.39, 0.29) is 5.75 Å². The van der Waals surface area contributed by atoms with Crippen LogP contribution in [0.4, 0.5) is 8.78 Å². The highest BCUT2D eigenvalue weighted by Crippen LogP contribution is 2.17. The zero-order chi connectivity index (χ0) is 14.5. The number of likely N-dealkylation sites (N-methyl/N-ethyl adjacent to an activating group) is 1. The predicted molar refractivity (Wildman–Crippen MR) is 75.3 cm³/mol. The molecule has 20 heavy (non-hydrogen) atoms. The number of hydrogen-bond donors (Lipinski definition) is 1. The summed E-state index contributed by atoms with van der Waals surface area (Å²) in [5, 5.41) is 3.28. The fourth-order valence-electron chi connectivity index (χ4n) is 2.34. The first kappa shape index (κ1) is 15.2. The Morgan fingerprint density at radius 1 is 1.30 bits per heavy atom. The van der Waals surface area contributed by atoms with Crippen LogP contribution in [0.25, 0.3) is 0 Å². The van der Waals surface area contributed by atoms with Crippen LogP contribution in [0.3, 0.4) is 0 Å². The molecule has 1 aromatic rings. The number of nitrogens with one attached hydrogen (secondary N) is 1. The molecule has 1 atom stereocenters. The average Bonchev–Trinajstić information content (AvgIpc) is 2.34. The van der Waals surface area contributed by atoms with E-state index in [0.29, 0.717) is 12.1 Å². The van der Waals surface area contributed by atoms with Crippen molar-refractivity contribution in [2.45, 2.75) is 38.5 Å². The highest BCUT2D eigenvalue weighted by molar-refractivity contribution is 5.27. The third kappa shape index (κ3) is 4.15. The molecule has 1 N–H and O–H groups in total. The summed E-state index contributed by atoms with van der Waals surface area (Å²) in [6.07, 6.45) is 2.00. The lowest BCUT2D eigenvalue weighted by atomic mass is 10.0. The highest BCUT2D eigenvalue weighted by atomic mass is 19.3. The number of rotatable bonds is 7. The Morgan fingerprint density at radius 3 is 2.45 bits per heavy atom. The van der Waals surface area contributed by atoms with Gasteiger partial charge in [-0.2, -0.15) is 8.78 Å². The summed E-state index contributed by atoms with van der Waals surface area (Å²) in [6, 6.07) is 8.08. The Kier molecular flexibility index (Phi) is 5.31. The zero-order valence-electron chi connectivity index (χ0n) is 12.0. The Bertz CT molecular complexity index is 407. The highest BCUT2D eigenvalue weighted by Gasteiger charge is 2.24. The van der Waals surface area contributed by atoms with Crippen molar-refractivity contribution < 1.29 is 13.5 Å². The lowest BCUT2D eigenvalue weighted by molar-refractivity contribution is -0.0498. The molecular formula is C15H22F2N2O. The Balaban J connectivity index is 1.78. The zero-order valence-corrected chi connectivity index (χ0v) is 12.0. The second-order valence-electron chi connectivity index (χ2n) is 5.39. The minimum Gasteiger partial charge on any atom is -0.435 e. The van der Waals surface area contributed by atoms with Crippen molar-refractivity contribution in [1.29, 1.82) is 0 Å². The quantitative estimate of drug-likeness (QED) is 0.832.